The van der Waals surface area contributed by atoms with Crippen LogP contribution in [-0.4, -0.2) is 30.4 Å². The second-order valence-electron chi connectivity index (χ2n) is 5.63. The highest BCUT2D eigenvalue weighted by molar-refractivity contribution is 6.01. The molecular formula is C18H19F2N3O2. The van der Waals surface area contributed by atoms with Crippen LogP contribution < -0.4 is 10.6 Å². The molecule has 3 amide bonds. The highest BCUT2D eigenvalue weighted by atomic mass is 19.2. The zero-order valence-electron chi connectivity index (χ0n) is 13.9. The fraction of sp³-hybridized carbons (Fsp3) is 0.222. The summed E-state index contributed by atoms with van der Waals surface area (Å²) in [5.41, 5.74) is 1.10. The summed E-state index contributed by atoms with van der Waals surface area (Å²) in [5.74, 6) is -2.37. The lowest BCUT2D eigenvalue weighted by molar-refractivity contribution is -0.121. The monoisotopic (exact) mass is 347 g/mol. The summed E-state index contributed by atoms with van der Waals surface area (Å²) in [7, 11) is 1.65. The molecule has 132 valence electrons. The van der Waals surface area contributed by atoms with Gasteiger partial charge in [0.1, 0.15) is 0 Å². The van der Waals surface area contributed by atoms with Gasteiger partial charge in [-0.05, 0) is 43.8 Å². The molecular weight excluding hydrogens is 328 g/mol. The van der Waals surface area contributed by atoms with E-state index < -0.39 is 23.6 Å². The Labute approximate surface area is 144 Å². The number of amides is 3. The van der Waals surface area contributed by atoms with Crippen molar-refractivity contribution in [2.24, 2.45) is 0 Å². The first-order valence-electron chi connectivity index (χ1n) is 7.68. The molecule has 0 radical (unpaired) electrons. The molecule has 7 heteroatoms. The Hall–Kier alpha value is -2.80. The smallest absolute Gasteiger partial charge is 0.308 e. The van der Waals surface area contributed by atoms with Gasteiger partial charge in [-0.1, -0.05) is 24.3 Å². The Morgan fingerprint density at radius 2 is 1.76 bits per heavy atom. The zero-order chi connectivity index (χ0) is 18.4. The van der Waals surface area contributed by atoms with Crippen molar-refractivity contribution in [1.29, 1.82) is 0 Å². The first-order valence-corrected chi connectivity index (χ1v) is 7.68. The lowest BCUT2D eigenvalue weighted by Gasteiger charge is -2.24. The number of anilines is 1. The van der Waals surface area contributed by atoms with Crippen LogP contribution in [-0.2, 0) is 4.79 Å². The number of hydrogen-bond donors (Lipinski definition) is 2. The van der Waals surface area contributed by atoms with E-state index >= 15 is 0 Å². The van der Waals surface area contributed by atoms with Gasteiger partial charge in [-0.3, -0.25) is 15.0 Å². The van der Waals surface area contributed by atoms with Gasteiger partial charge in [-0.2, -0.15) is 0 Å². The average Bonchev–Trinajstić information content (AvgIpc) is 2.57. The van der Waals surface area contributed by atoms with Gasteiger partial charge in [0.15, 0.2) is 11.6 Å². The SMILES string of the molecule is CC(c1ccc(F)c(F)c1)N(C)CC(=O)NC(=O)Nc1ccccc1. The summed E-state index contributed by atoms with van der Waals surface area (Å²) in [4.78, 5) is 25.4. The Kier molecular flexibility index (Phi) is 6.19. The van der Waals surface area contributed by atoms with Crippen molar-refractivity contribution in [1.82, 2.24) is 10.2 Å². The number of nitrogens with zero attached hydrogens (tertiary/aromatic N) is 1. The van der Waals surface area contributed by atoms with E-state index in [1.807, 2.05) is 6.07 Å². The van der Waals surface area contributed by atoms with Crippen LogP contribution in [0.2, 0.25) is 0 Å². The van der Waals surface area contributed by atoms with Gasteiger partial charge in [0.25, 0.3) is 0 Å². The summed E-state index contributed by atoms with van der Waals surface area (Å²) < 4.78 is 26.3. The number of rotatable bonds is 5. The van der Waals surface area contributed by atoms with Crippen LogP contribution in [0.3, 0.4) is 0 Å². The van der Waals surface area contributed by atoms with Crippen molar-refractivity contribution >= 4 is 17.6 Å². The minimum absolute atomic E-state index is 0.0810. The van der Waals surface area contributed by atoms with Crippen molar-refractivity contribution in [2.75, 3.05) is 18.9 Å². The Morgan fingerprint density at radius 3 is 2.40 bits per heavy atom. The zero-order valence-corrected chi connectivity index (χ0v) is 13.9. The Bertz CT molecular complexity index is 753. The number of halogens is 2. The van der Waals surface area contributed by atoms with Crippen LogP contribution >= 0.6 is 0 Å². The van der Waals surface area contributed by atoms with Crippen LogP contribution in [0.4, 0.5) is 19.3 Å². The summed E-state index contributed by atoms with van der Waals surface area (Å²) in [5, 5.41) is 4.76. The quantitative estimate of drug-likeness (QED) is 0.872. The molecule has 0 saturated heterocycles. The normalized spacial score (nSPS) is 11.9. The number of para-hydroxylation sites is 1. The number of urea groups is 1. The lowest BCUT2D eigenvalue weighted by atomic mass is 10.1. The van der Waals surface area contributed by atoms with E-state index in [4.69, 9.17) is 0 Å². The number of carbonyl (C=O) groups is 2. The summed E-state index contributed by atoms with van der Waals surface area (Å²) in [6, 6.07) is 11.3. The maximum atomic E-state index is 13.3. The highest BCUT2D eigenvalue weighted by Gasteiger charge is 2.17. The molecule has 2 aromatic carbocycles. The number of likely N-dealkylation sites (N-methyl/N-ethyl adjacent to an activating group) is 1. The van der Waals surface area contributed by atoms with Gasteiger partial charge < -0.3 is 5.32 Å². The second kappa shape index (κ2) is 8.34. The average molecular weight is 347 g/mol. The van der Waals surface area contributed by atoms with E-state index in [9.17, 15) is 18.4 Å². The van der Waals surface area contributed by atoms with Gasteiger partial charge >= 0.3 is 6.03 Å². The number of carbonyl (C=O) groups excluding carboxylic acids is 2. The standard InChI is InChI=1S/C18H19F2N3O2/c1-12(13-8-9-15(19)16(20)10-13)23(2)11-17(24)22-18(25)21-14-6-4-3-5-7-14/h3-10,12H,11H2,1-2H3,(H2,21,22,24,25). The third-order valence-electron chi connectivity index (χ3n) is 3.76. The van der Waals surface area contributed by atoms with Crippen LogP contribution in [0.25, 0.3) is 0 Å². The molecule has 0 saturated carbocycles. The van der Waals surface area contributed by atoms with E-state index in [0.29, 0.717) is 11.3 Å². The second-order valence-corrected chi connectivity index (χ2v) is 5.63. The predicted molar refractivity (Wildman–Crippen MR) is 91.0 cm³/mol. The molecule has 0 aliphatic carbocycles. The number of nitrogens with one attached hydrogen (secondary N) is 2. The van der Waals surface area contributed by atoms with E-state index in [2.05, 4.69) is 10.6 Å². The highest BCUT2D eigenvalue weighted by Crippen LogP contribution is 2.20. The van der Waals surface area contributed by atoms with Crippen molar-refractivity contribution in [3.63, 3.8) is 0 Å². The predicted octanol–water partition coefficient (Wildman–Crippen LogP) is 3.31. The molecule has 1 unspecified atom stereocenters. The maximum Gasteiger partial charge on any atom is 0.325 e. The van der Waals surface area contributed by atoms with Crippen LogP contribution in [0.1, 0.15) is 18.5 Å². The molecule has 25 heavy (non-hydrogen) atoms. The molecule has 5 nitrogen and oxygen atoms in total. The van der Waals surface area contributed by atoms with E-state index in [1.165, 1.54) is 6.07 Å². The van der Waals surface area contributed by atoms with Crippen molar-refractivity contribution in [2.45, 2.75) is 13.0 Å². The van der Waals surface area contributed by atoms with E-state index in [-0.39, 0.29) is 12.6 Å². The van der Waals surface area contributed by atoms with Gasteiger partial charge in [0, 0.05) is 11.7 Å². The van der Waals surface area contributed by atoms with Crippen molar-refractivity contribution in [3.05, 3.63) is 65.7 Å². The molecule has 0 spiro atoms. The maximum absolute atomic E-state index is 13.3. The largest absolute Gasteiger partial charge is 0.325 e. The minimum Gasteiger partial charge on any atom is -0.308 e. The Balaban J connectivity index is 1.88. The first-order chi connectivity index (χ1) is 11.9. The van der Waals surface area contributed by atoms with Gasteiger partial charge in [0.05, 0.1) is 6.54 Å². The molecule has 2 aromatic rings. The molecule has 2 N–H and O–H groups in total. The summed E-state index contributed by atoms with van der Waals surface area (Å²) in [6.07, 6.45) is 0. The van der Waals surface area contributed by atoms with Crippen LogP contribution in [0.15, 0.2) is 48.5 Å². The third kappa shape index (κ3) is 5.36. The molecule has 2 rings (SSSR count). The van der Waals surface area contributed by atoms with E-state index in [1.54, 1.807) is 43.1 Å². The molecule has 0 heterocycles. The van der Waals surface area contributed by atoms with Gasteiger partial charge in [0.2, 0.25) is 5.91 Å². The fourth-order valence-electron chi connectivity index (χ4n) is 2.24. The molecule has 0 bridgehead atoms. The van der Waals surface area contributed by atoms with E-state index in [0.717, 1.165) is 12.1 Å². The minimum atomic E-state index is -0.940. The third-order valence-corrected chi connectivity index (χ3v) is 3.76. The molecule has 0 aromatic heterocycles. The Morgan fingerprint density at radius 1 is 1.08 bits per heavy atom. The first kappa shape index (κ1) is 18.5. The van der Waals surface area contributed by atoms with Crippen LogP contribution in [0.5, 0.6) is 0 Å². The number of hydrogen-bond acceptors (Lipinski definition) is 3. The van der Waals surface area contributed by atoms with Crippen LogP contribution in [0, 0.1) is 11.6 Å². The molecule has 1 atom stereocenters. The topological polar surface area (TPSA) is 61.4 Å². The number of benzene rings is 2. The van der Waals surface area contributed by atoms with Crippen molar-refractivity contribution < 1.29 is 18.4 Å². The summed E-state index contributed by atoms with van der Waals surface area (Å²) in [6.45, 7) is 1.67. The fourth-order valence-corrected chi connectivity index (χ4v) is 2.24. The molecule has 0 aliphatic heterocycles. The van der Waals surface area contributed by atoms with Gasteiger partial charge in [-0.25, -0.2) is 13.6 Å². The molecule has 0 aliphatic rings. The van der Waals surface area contributed by atoms with Crippen molar-refractivity contribution in [3.8, 4) is 0 Å². The number of imide groups is 1. The van der Waals surface area contributed by atoms with Gasteiger partial charge in [-0.15, -0.1) is 0 Å². The molecule has 0 fully saturated rings. The summed E-state index contributed by atoms with van der Waals surface area (Å²) >= 11 is 0. The lowest BCUT2D eigenvalue weighted by Crippen LogP contribution is -2.41.